The molecular formula is C24H40F3N5O4. The van der Waals surface area contributed by atoms with Crippen LogP contribution in [0.5, 0.6) is 0 Å². The van der Waals surface area contributed by atoms with Gasteiger partial charge in [-0.3, -0.25) is 9.80 Å². The molecule has 6 atom stereocenters. The van der Waals surface area contributed by atoms with Crippen LogP contribution in [-0.4, -0.2) is 116 Å². The predicted molar refractivity (Wildman–Crippen MR) is 128 cm³/mol. The summed E-state index contributed by atoms with van der Waals surface area (Å²) in [4.78, 5) is 10.7. The number of halogens is 3. The summed E-state index contributed by atoms with van der Waals surface area (Å²) in [5, 5.41) is 10.7. The number of nitrogens with zero attached hydrogens (tertiary/aromatic N) is 4. The molecule has 0 aromatic heterocycles. The Balaban J connectivity index is 1.35. The molecule has 9 nitrogen and oxygen atoms in total. The molecule has 0 bridgehead atoms. The van der Waals surface area contributed by atoms with E-state index in [1.807, 2.05) is 29.1 Å². The van der Waals surface area contributed by atoms with Crippen molar-refractivity contribution in [1.29, 1.82) is 0 Å². The van der Waals surface area contributed by atoms with Crippen molar-refractivity contribution in [2.45, 2.75) is 63.0 Å². The fourth-order valence-corrected chi connectivity index (χ4v) is 5.62. The van der Waals surface area contributed by atoms with Gasteiger partial charge in [0.05, 0.1) is 18.5 Å². The summed E-state index contributed by atoms with van der Waals surface area (Å²) in [6, 6.07) is -0.345. The molecule has 0 spiro atoms. The largest absolute Gasteiger partial charge is 0.475 e. The highest BCUT2D eigenvalue weighted by molar-refractivity contribution is 5.81. The number of hydrogen-bond donors (Lipinski definition) is 2. The molecule has 0 radical (unpaired) electrons. The van der Waals surface area contributed by atoms with E-state index in [4.69, 9.17) is 19.9 Å². The van der Waals surface area contributed by atoms with Crippen LogP contribution >= 0.6 is 0 Å². The fraction of sp³-hybridized carbons (Fsp3) is 0.875. The van der Waals surface area contributed by atoms with Crippen LogP contribution in [0.1, 0.15) is 26.2 Å². The minimum Gasteiger partial charge on any atom is -0.475 e. The van der Waals surface area contributed by atoms with E-state index in [1.54, 1.807) is 6.92 Å². The zero-order valence-corrected chi connectivity index (χ0v) is 21.3. The molecule has 0 aliphatic carbocycles. The first kappa shape index (κ1) is 27.6. The van der Waals surface area contributed by atoms with Gasteiger partial charge < -0.3 is 30.0 Å². The first-order chi connectivity index (χ1) is 17.1. The van der Waals surface area contributed by atoms with Crippen LogP contribution in [0, 0.1) is 17.8 Å². The van der Waals surface area contributed by atoms with Crippen molar-refractivity contribution >= 4 is 5.90 Å². The Morgan fingerprint density at radius 1 is 1.25 bits per heavy atom. The van der Waals surface area contributed by atoms with E-state index >= 15 is 0 Å². The smallest absolute Gasteiger partial charge is 0.395 e. The Morgan fingerprint density at radius 2 is 1.94 bits per heavy atom. The second-order valence-electron chi connectivity index (χ2n) is 10.5. The zero-order valence-electron chi connectivity index (χ0n) is 21.3. The molecule has 5 unspecified atom stereocenters. The Labute approximate surface area is 211 Å². The molecule has 2 saturated heterocycles. The molecule has 12 heteroatoms. The number of aliphatic hydroxyl groups excluding tert-OH is 1. The number of fused-ring (bicyclic) bond motifs is 1. The predicted octanol–water partition coefficient (Wildman–Crippen LogP) is 1.44. The van der Waals surface area contributed by atoms with E-state index in [0.717, 1.165) is 12.8 Å². The van der Waals surface area contributed by atoms with Crippen LogP contribution < -0.4 is 5.73 Å². The third-order valence-electron chi connectivity index (χ3n) is 8.05. The summed E-state index contributed by atoms with van der Waals surface area (Å²) < 4.78 is 57.3. The zero-order chi connectivity index (χ0) is 26.0. The van der Waals surface area contributed by atoms with Crippen LogP contribution in [0.25, 0.3) is 0 Å². The maximum absolute atomic E-state index is 13.6. The van der Waals surface area contributed by atoms with E-state index in [0.29, 0.717) is 45.4 Å². The number of aliphatic hydroxyl groups is 1. The molecule has 36 heavy (non-hydrogen) atoms. The van der Waals surface area contributed by atoms with Gasteiger partial charge in [0.2, 0.25) is 0 Å². The fourth-order valence-electron chi connectivity index (χ4n) is 5.62. The van der Waals surface area contributed by atoms with E-state index in [-0.39, 0.29) is 30.4 Å². The molecule has 0 aromatic rings. The number of hydrogen-bond acceptors (Lipinski definition) is 9. The molecule has 4 aliphatic heterocycles. The molecule has 0 saturated carbocycles. The molecule has 3 N–H and O–H groups in total. The van der Waals surface area contributed by atoms with Gasteiger partial charge in [0, 0.05) is 58.0 Å². The van der Waals surface area contributed by atoms with Crippen molar-refractivity contribution < 1.29 is 32.5 Å². The molecule has 0 aromatic carbocycles. The first-order valence-corrected chi connectivity index (χ1v) is 12.8. The van der Waals surface area contributed by atoms with E-state index in [2.05, 4.69) is 9.89 Å². The lowest BCUT2D eigenvalue weighted by molar-refractivity contribution is -0.207. The summed E-state index contributed by atoms with van der Waals surface area (Å²) in [5.74, 6) is -0.989. The van der Waals surface area contributed by atoms with Crippen molar-refractivity contribution in [2.24, 2.45) is 28.5 Å². The van der Waals surface area contributed by atoms with Gasteiger partial charge in [-0.2, -0.15) is 13.2 Å². The van der Waals surface area contributed by atoms with Crippen LogP contribution in [0.3, 0.4) is 0 Å². The average Bonchev–Trinajstić information content (AvgIpc) is 2.84. The van der Waals surface area contributed by atoms with Gasteiger partial charge in [0.15, 0.2) is 5.90 Å². The van der Waals surface area contributed by atoms with E-state index in [1.165, 1.54) is 7.11 Å². The topological polar surface area (TPSA) is 96.0 Å². The Hall–Kier alpha value is -1.44. The Morgan fingerprint density at radius 3 is 2.58 bits per heavy atom. The molecule has 0 amide bonds. The number of methoxy groups -OCH3 is 1. The molecule has 4 rings (SSSR count). The van der Waals surface area contributed by atoms with Crippen molar-refractivity contribution in [1.82, 2.24) is 14.7 Å². The summed E-state index contributed by atoms with van der Waals surface area (Å²) >= 11 is 0. The van der Waals surface area contributed by atoms with Crippen LogP contribution in [0.15, 0.2) is 17.3 Å². The highest BCUT2D eigenvalue weighted by Crippen LogP contribution is 2.35. The minimum absolute atomic E-state index is 0.0598. The highest BCUT2D eigenvalue weighted by Gasteiger charge is 2.46. The molecule has 4 aliphatic rings. The van der Waals surface area contributed by atoms with Gasteiger partial charge in [0.25, 0.3) is 0 Å². The van der Waals surface area contributed by atoms with Gasteiger partial charge in [-0.1, -0.05) is 6.08 Å². The van der Waals surface area contributed by atoms with Crippen LogP contribution in [-0.2, 0) is 14.2 Å². The molecule has 4 heterocycles. The average molecular weight is 520 g/mol. The lowest BCUT2D eigenvalue weighted by atomic mass is 9.90. The number of rotatable bonds is 8. The SMILES string of the molecule is CO[C@@H](N)C(CC(C)N1C=CC2C(C1)C(OC1CN(C(O)C3CCOCC3)C1)=NCN2C)C(F)(F)F. The van der Waals surface area contributed by atoms with Gasteiger partial charge >= 0.3 is 6.18 Å². The van der Waals surface area contributed by atoms with Crippen molar-refractivity contribution in [3.05, 3.63) is 12.3 Å². The molecule has 206 valence electrons. The van der Waals surface area contributed by atoms with Crippen molar-refractivity contribution in [2.75, 3.05) is 53.7 Å². The van der Waals surface area contributed by atoms with Gasteiger partial charge in [-0.25, -0.2) is 4.99 Å². The summed E-state index contributed by atoms with van der Waals surface area (Å²) in [6.07, 6.45) is -0.969. The number of alkyl halides is 3. The van der Waals surface area contributed by atoms with Crippen molar-refractivity contribution in [3.8, 4) is 0 Å². The Bertz CT molecular complexity index is 788. The highest BCUT2D eigenvalue weighted by atomic mass is 19.4. The number of nitrogens with two attached hydrogens (primary N) is 1. The lowest BCUT2D eigenvalue weighted by Crippen LogP contribution is -2.61. The van der Waals surface area contributed by atoms with Gasteiger partial charge in [-0.05, 0) is 39.4 Å². The second-order valence-corrected chi connectivity index (χ2v) is 10.5. The third kappa shape index (κ3) is 6.16. The molecular weight excluding hydrogens is 479 g/mol. The second kappa shape index (κ2) is 11.5. The molecule has 2 fully saturated rings. The van der Waals surface area contributed by atoms with Gasteiger partial charge in [0.1, 0.15) is 18.6 Å². The van der Waals surface area contributed by atoms with E-state index < -0.39 is 30.6 Å². The summed E-state index contributed by atoms with van der Waals surface area (Å²) in [7, 11) is 3.18. The Kier molecular flexibility index (Phi) is 8.83. The van der Waals surface area contributed by atoms with Gasteiger partial charge in [-0.15, -0.1) is 0 Å². The van der Waals surface area contributed by atoms with Crippen LogP contribution in [0.2, 0.25) is 0 Å². The number of likely N-dealkylation sites (tertiary alicyclic amines) is 1. The number of ether oxygens (including phenoxy) is 3. The third-order valence-corrected chi connectivity index (χ3v) is 8.05. The normalized spacial score (nSPS) is 30.2. The standard InChI is InChI=1S/C24H40F3N5O4/c1-15(10-19(21(28)34-3)24(25,26)27)31-7-4-20-18(13-31)22(29-14-30(20)2)36-17-11-32(12-17)23(33)16-5-8-35-9-6-16/h4,7,15-21,23,33H,5-6,8-14,28H2,1-3H3/t15?,18?,19?,20?,21-,23?/m1/s1. The van der Waals surface area contributed by atoms with Crippen LogP contribution in [0.4, 0.5) is 13.2 Å². The number of aliphatic imine (C=N–C) groups is 1. The quantitative estimate of drug-likeness (QED) is 0.465. The maximum atomic E-state index is 13.6. The summed E-state index contributed by atoms with van der Waals surface area (Å²) in [6.45, 7) is 5.40. The minimum atomic E-state index is -4.45. The maximum Gasteiger partial charge on any atom is 0.395 e. The lowest BCUT2D eigenvalue weighted by Gasteiger charge is -2.48. The monoisotopic (exact) mass is 519 g/mol. The first-order valence-electron chi connectivity index (χ1n) is 12.8. The van der Waals surface area contributed by atoms with Crippen molar-refractivity contribution in [3.63, 3.8) is 0 Å². The van der Waals surface area contributed by atoms with E-state index in [9.17, 15) is 18.3 Å². The summed E-state index contributed by atoms with van der Waals surface area (Å²) in [5.41, 5.74) is 5.63. The number of likely N-dealkylation sites (N-methyl/N-ethyl adjacent to an activating group) is 1.